The second-order valence-corrected chi connectivity index (χ2v) is 9.63. The van der Waals surface area contributed by atoms with Crippen LogP contribution in [-0.2, 0) is 14.3 Å². The Hall–Kier alpha value is -1.65. The van der Waals surface area contributed by atoms with Gasteiger partial charge in [-0.15, -0.1) is 0 Å². The zero-order valence-corrected chi connectivity index (χ0v) is 22.5. The minimum Gasteiger partial charge on any atom is -0.473 e. The van der Waals surface area contributed by atoms with Crippen molar-refractivity contribution in [3.63, 3.8) is 0 Å². The van der Waals surface area contributed by atoms with Crippen molar-refractivity contribution >= 4 is 17.9 Å². The van der Waals surface area contributed by atoms with Gasteiger partial charge in [-0.05, 0) is 68.5 Å². The molecule has 1 amide bonds. The molecule has 2 fully saturated rings. The number of nitrogens with one attached hydrogen (secondary N) is 1. The van der Waals surface area contributed by atoms with Crippen LogP contribution in [-0.4, -0.2) is 67.5 Å². The van der Waals surface area contributed by atoms with E-state index < -0.39 is 0 Å². The molecule has 0 spiro atoms. The number of amides is 1. The normalized spacial score (nSPS) is 19.5. The molecular formula is C26H44N4O4S. The Labute approximate surface area is 215 Å². The monoisotopic (exact) mass is 508 g/mol. The van der Waals surface area contributed by atoms with Gasteiger partial charge in [-0.25, -0.2) is 9.29 Å². The van der Waals surface area contributed by atoms with Crippen molar-refractivity contribution in [1.82, 2.24) is 14.6 Å². The van der Waals surface area contributed by atoms with Crippen LogP contribution in [0.15, 0.2) is 34.9 Å². The predicted octanol–water partition coefficient (Wildman–Crippen LogP) is 4.16. The molecule has 1 unspecified atom stereocenters. The standard InChI is InChI=1S/C24H38N4O4S.C2H6/c1-2-19(16-25)18-32-23-7-6-21(17-27-23)33-28-11-8-20(9-12-28)15-22(29)26-10-14-31-24-5-3-4-13-30-24;1-2/h2,6-7,17,20,24H,3-5,8-16,18,25H2,1H3,(H,26,29);1-2H3/b19-2+;. The number of hydrogen-bond donors (Lipinski definition) is 2. The van der Waals surface area contributed by atoms with Crippen molar-refractivity contribution in [2.75, 3.05) is 46.0 Å². The lowest BCUT2D eigenvalue weighted by Crippen LogP contribution is -2.34. The number of nitrogens with two attached hydrogens (primary N) is 1. The molecule has 3 heterocycles. The Morgan fingerprint density at radius 1 is 1.29 bits per heavy atom. The van der Waals surface area contributed by atoms with E-state index >= 15 is 0 Å². The van der Waals surface area contributed by atoms with E-state index in [1.165, 1.54) is 0 Å². The zero-order valence-electron chi connectivity index (χ0n) is 21.7. The van der Waals surface area contributed by atoms with Gasteiger partial charge in [0.25, 0.3) is 0 Å². The zero-order chi connectivity index (χ0) is 25.3. The number of carbonyl (C=O) groups excluding carboxylic acids is 1. The first kappa shape index (κ1) is 29.6. The highest BCUT2D eigenvalue weighted by atomic mass is 32.2. The van der Waals surface area contributed by atoms with E-state index in [2.05, 4.69) is 14.6 Å². The molecule has 0 saturated carbocycles. The van der Waals surface area contributed by atoms with Gasteiger partial charge in [0.1, 0.15) is 6.61 Å². The second-order valence-electron chi connectivity index (χ2n) is 8.46. The molecule has 0 radical (unpaired) electrons. The molecule has 0 aromatic carbocycles. The first-order valence-electron chi connectivity index (χ1n) is 13.0. The molecule has 2 aliphatic heterocycles. The SMILES string of the molecule is C/C=C(\CN)COc1ccc(SN2CCC(CC(=O)NCCOC3CCCCO3)CC2)cn1.CC. The topological polar surface area (TPSA) is 98.9 Å². The van der Waals surface area contributed by atoms with Crippen LogP contribution in [0.3, 0.4) is 0 Å². The lowest BCUT2D eigenvalue weighted by Gasteiger charge is -2.30. The molecule has 35 heavy (non-hydrogen) atoms. The van der Waals surface area contributed by atoms with Gasteiger partial charge >= 0.3 is 0 Å². The number of rotatable bonds is 12. The van der Waals surface area contributed by atoms with Crippen LogP contribution in [0.25, 0.3) is 0 Å². The Balaban J connectivity index is 0.00000210. The third kappa shape index (κ3) is 11.8. The molecule has 1 atom stereocenters. The first-order chi connectivity index (χ1) is 17.2. The molecule has 1 aromatic rings. The number of carbonyl (C=O) groups is 1. The van der Waals surface area contributed by atoms with E-state index in [1.54, 1.807) is 11.9 Å². The summed E-state index contributed by atoms with van der Waals surface area (Å²) in [5.41, 5.74) is 6.71. The van der Waals surface area contributed by atoms with E-state index in [0.717, 1.165) is 62.3 Å². The minimum absolute atomic E-state index is 0.0985. The second kappa shape index (κ2) is 17.7. The van der Waals surface area contributed by atoms with E-state index in [-0.39, 0.29) is 12.2 Å². The lowest BCUT2D eigenvalue weighted by molar-refractivity contribution is -0.161. The van der Waals surface area contributed by atoms with E-state index in [9.17, 15) is 4.79 Å². The fourth-order valence-corrected chi connectivity index (χ4v) is 4.76. The van der Waals surface area contributed by atoms with Crippen LogP contribution in [0.4, 0.5) is 0 Å². The molecular weight excluding hydrogens is 464 g/mol. The van der Waals surface area contributed by atoms with Gasteiger partial charge < -0.3 is 25.3 Å². The Kier molecular flexibility index (Phi) is 15.0. The summed E-state index contributed by atoms with van der Waals surface area (Å²) in [5.74, 6) is 1.15. The minimum atomic E-state index is -0.0985. The number of hydrogen-bond acceptors (Lipinski definition) is 8. The maximum atomic E-state index is 12.3. The van der Waals surface area contributed by atoms with Gasteiger partial charge in [-0.2, -0.15) is 0 Å². The van der Waals surface area contributed by atoms with Crippen molar-refractivity contribution in [1.29, 1.82) is 0 Å². The third-order valence-corrected chi connectivity index (χ3v) is 7.01. The number of aromatic nitrogens is 1. The van der Waals surface area contributed by atoms with Crippen LogP contribution < -0.4 is 15.8 Å². The quantitative estimate of drug-likeness (QED) is 0.247. The van der Waals surface area contributed by atoms with Crippen molar-refractivity contribution in [3.05, 3.63) is 30.0 Å². The predicted molar refractivity (Wildman–Crippen MR) is 141 cm³/mol. The average molecular weight is 509 g/mol. The highest BCUT2D eigenvalue weighted by Gasteiger charge is 2.22. The average Bonchev–Trinajstić information content (AvgIpc) is 2.91. The van der Waals surface area contributed by atoms with E-state index in [1.807, 2.05) is 45.2 Å². The molecule has 198 valence electrons. The summed E-state index contributed by atoms with van der Waals surface area (Å²) in [6, 6.07) is 3.93. The number of pyridine rings is 1. The largest absolute Gasteiger partial charge is 0.473 e. The first-order valence-corrected chi connectivity index (χ1v) is 13.8. The molecule has 0 bridgehead atoms. The van der Waals surface area contributed by atoms with Crippen LogP contribution in [0.1, 0.15) is 59.3 Å². The molecule has 0 aliphatic carbocycles. The van der Waals surface area contributed by atoms with Crippen LogP contribution in [0.5, 0.6) is 5.88 Å². The van der Waals surface area contributed by atoms with Gasteiger partial charge in [0.05, 0.1) is 6.61 Å². The summed E-state index contributed by atoms with van der Waals surface area (Å²) in [4.78, 5) is 17.7. The van der Waals surface area contributed by atoms with Crippen molar-refractivity contribution < 1.29 is 19.0 Å². The van der Waals surface area contributed by atoms with Gasteiger partial charge in [-0.3, -0.25) is 4.79 Å². The molecule has 8 nitrogen and oxygen atoms in total. The molecule has 1 aromatic heterocycles. The summed E-state index contributed by atoms with van der Waals surface area (Å²) < 4.78 is 19.2. The number of nitrogens with zero attached hydrogens (tertiary/aromatic N) is 2. The summed E-state index contributed by atoms with van der Waals surface area (Å²) in [7, 11) is 0. The highest BCUT2D eigenvalue weighted by Crippen LogP contribution is 2.29. The van der Waals surface area contributed by atoms with Gasteiger partial charge in [0.15, 0.2) is 6.29 Å². The lowest BCUT2D eigenvalue weighted by atomic mass is 9.94. The Bertz CT molecular complexity index is 733. The van der Waals surface area contributed by atoms with Crippen LogP contribution in [0.2, 0.25) is 0 Å². The molecule has 2 saturated heterocycles. The molecule has 2 aliphatic rings. The summed E-state index contributed by atoms with van der Waals surface area (Å²) in [6.07, 6.45) is 9.56. The van der Waals surface area contributed by atoms with Gasteiger partial charge in [0.2, 0.25) is 11.8 Å². The van der Waals surface area contributed by atoms with Crippen LogP contribution >= 0.6 is 11.9 Å². The number of allylic oxidation sites excluding steroid dienone is 1. The Morgan fingerprint density at radius 3 is 2.71 bits per heavy atom. The maximum absolute atomic E-state index is 12.3. The summed E-state index contributed by atoms with van der Waals surface area (Å²) in [6.45, 7) is 10.7. The fourth-order valence-electron chi connectivity index (χ4n) is 3.84. The van der Waals surface area contributed by atoms with Crippen molar-refractivity contribution in [2.24, 2.45) is 11.7 Å². The fraction of sp³-hybridized carbons (Fsp3) is 0.692. The Morgan fingerprint density at radius 2 is 2.09 bits per heavy atom. The number of piperidine rings is 1. The summed E-state index contributed by atoms with van der Waals surface area (Å²) in [5, 5.41) is 2.98. The van der Waals surface area contributed by atoms with Crippen LogP contribution in [0, 0.1) is 5.92 Å². The van der Waals surface area contributed by atoms with Crippen molar-refractivity contribution in [3.8, 4) is 5.88 Å². The van der Waals surface area contributed by atoms with E-state index in [4.69, 9.17) is 19.9 Å². The van der Waals surface area contributed by atoms with Gasteiger partial charge in [-0.1, -0.05) is 19.9 Å². The summed E-state index contributed by atoms with van der Waals surface area (Å²) >= 11 is 1.71. The molecule has 9 heteroatoms. The third-order valence-electron chi connectivity index (χ3n) is 5.93. The maximum Gasteiger partial charge on any atom is 0.220 e. The number of ether oxygens (including phenoxy) is 3. The van der Waals surface area contributed by atoms with Crippen molar-refractivity contribution in [2.45, 2.75) is 70.5 Å². The van der Waals surface area contributed by atoms with Gasteiger partial charge in [0, 0.05) is 56.4 Å². The molecule has 3 rings (SSSR count). The smallest absolute Gasteiger partial charge is 0.220 e. The molecule has 3 N–H and O–H groups in total. The highest BCUT2D eigenvalue weighted by molar-refractivity contribution is 7.97. The van der Waals surface area contributed by atoms with E-state index in [0.29, 0.717) is 44.5 Å².